The van der Waals surface area contributed by atoms with E-state index in [0.29, 0.717) is 36.7 Å². The van der Waals surface area contributed by atoms with E-state index in [1.807, 2.05) is 24.3 Å². The van der Waals surface area contributed by atoms with Gasteiger partial charge in [-0.3, -0.25) is 4.79 Å². The number of halogens is 1. The Labute approximate surface area is 241 Å². The van der Waals surface area contributed by atoms with E-state index in [1.165, 1.54) is 13.2 Å². The van der Waals surface area contributed by atoms with Crippen molar-refractivity contribution in [2.75, 3.05) is 26.9 Å². The number of ether oxygens (including phenoxy) is 5. The fourth-order valence-corrected chi connectivity index (χ4v) is 5.94. The molecule has 2 heterocycles. The number of carbonyl (C=O) groups is 1. The first-order valence-electron chi connectivity index (χ1n) is 14.4. The third kappa shape index (κ3) is 6.84. The van der Waals surface area contributed by atoms with Crippen LogP contribution in [0.4, 0.5) is 4.39 Å². The van der Waals surface area contributed by atoms with Gasteiger partial charge < -0.3 is 23.7 Å². The van der Waals surface area contributed by atoms with E-state index in [1.54, 1.807) is 0 Å². The van der Waals surface area contributed by atoms with Gasteiger partial charge in [-0.2, -0.15) is 0 Å². The van der Waals surface area contributed by atoms with Gasteiger partial charge in [-0.05, 0) is 92.5 Å². The van der Waals surface area contributed by atoms with Crippen LogP contribution in [-0.4, -0.2) is 45.1 Å². The molecule has 0 bridgehead atoms. The number of hydrogen-bond acceptors (Lipinski definition) is 6. The molecule has 218 valence electrons. The number of fused-ring (bicyclic) bond motifs is 1. The summed E-state index contributed by atoms with van der Waals surface area (Å²) < 4.78 is 43.9. The Morgan fingerprint density at radius 2 is 1.88 bits per heavy atom. The standard InChI is InChI=1S/C34H39FO6/c1-21-15-28(39-20-27-8-6-14-38-27)16-22(2)34(21)24-7-5-9-31(23(3)30(35)13-10-24)41-26-11-12-29-25(17-33(36)37-4)19-40-32(29)18-26/h10-13,15-16,18,25,27,31H,3,5-9,14,17,19-20H2,1-2,4H3/b24-10+,30-13+/t25-,27?,31-/m1/s1. The zero-order chi connectivity index (χ0) is 28.9. The molecule has 3 atom stereocenters. The van der Waals surface area contributed by atoms with Gasteiger partial charge in [0.2, 0.25) is 0 Å². The average molecular weight is 563 g/mol. The molecule has 1 unspecified atom stereocenters. The summed E-state index contributed by atoms with van der Waals surface area (Å²) in [6.07, 6.45) is 7.60. The Morgan fingerprint density at radius 1 is 1.07 bits per heavy atom. The molecule has 0 amide bonds. The molecular weight excluding hydrogens is 523 g/mol. The minimum atomic E-state index is -0.514. The SMILES string of the molecule is C=C1/C(F)=C\C=C(\c2c(C)cc(OCC3CCCO3)cc2C)CCC[C@H]1Oc1ccc2c(c1)OC[C@H]2CC(=O)OC. The molecular formula is C34H39FO6. The molecule has 2 aromatic carbocycles. The monoisotopic (exact) mass is 562 g/mol. The number of esters is 1. The van der Waals surface area contributed by atoms with Crippen LogP contribution >= 0.6 is 0 Å². The lowest BCUT2D eigenvalue weighted by atomic mass is 9.91. The maximum Gasteiger partial charge on any atom is 0.306 e. The number of rotatable bonds is 8. The zero-order valence-corrected chi connectivity index (χ0v) is 24.2. The summed E-state index contributed by atoms with van der Waals surface area (Å²) in [5.74, 6) is 1.38. The Balaban J connectivity index is 1.26. The van der Waals surface area contributed by atoms with Crippen molar-refractivity contribution in [3.63, 3.8) is 0 Å². The van der Waals surface area contributed by atoms with Gasteiger partial charge in [-0.15, -0.1) is 0 Å². The molecule has 0 N–H and O–H groups in total. The summed E-state index contributed by atoms with van der Waals surface area (Å²) in [7, 11) is 1.38. The van der Waals surface area contributed by atoms with Gasteiger partial charge in [-0.1, -0.05) is 18.7 Å². The summed E-state index contributed by atoms with van der Waals surface area (Å²) in [5, 5.41) is 0. The number of carbonyl (C=O) groups excluding carboxylic acids is 1. The van der Waals surface area contributed by atoms with Crippen LogP contribution in [0.25, 0.3) is 5.57 Å². The predicted molar refractivity (Wildman–Crippen MR) is 156 cm³/mol. The van der Waals surface area contributed by atoms with Crippen molar-refractivity contribution < 1.29 is 32.9 Å². The molecule has 0 aromatic heterocycles. The van der Waals surface area contributed by atoms with Crippen LogP contribution < -0.4 is 14.2 Å². The molecule has 2 aliphatic heterocycles. The third-order valence-corrected chi connectivity index (χ3v) is 8.11. The van der Waals surface area contributed by atoms with Crippen molar-refractivity contribution in [2.24, 2.45) is 0 Å². The topological polar surface area (TPSA) is 63.2 Å². The van der Waals surface area contributed by atoms with E-state index in [4.69, 9.17) is 23.7 Å². The van der Waals surface area contributed by atoms with Crippen LogP contribution in [-0.2, 0) is 14.3 Å². The molecule has 0 spiro atoms. The number of benzene rings is 2. The Bertz CT molecular complexity index is 1330. The van der Waals surface area contributed by atoms with Crippen LogP contribution in [0.15, 0.2) is 60.5 Å². The fraction of sp³-hybridized carbons (Fsp3) is 0.441. The van der Waals surface area contributed by atoms with Crippen molar-refractivity contribution in [3.8, 4) is 17.2 Å². The maximum atomic E-state index is 15.3. The van der Waals surface area contributed by atoms with E-state index < -0.39 is 11.9 Å². The van der Waals surface area contributed by atoms with Crippen LogP contribution in [0.2, 0.25) is 0 Å². The summed E-state index contributed by atoms with van der Waals surface area (Å²) in [5.41, 5.74) is 5.67. The first-order chi connectivity index (χ1) is 19.8. The highest BCUT2D eigenvalue weighted by molar-refractivity contribution is 5.73. The molecule has 0 saturated carbocycles. The van der Waals surface area contributed by atoms with Crippen LogP contribution in [0.1, 0.15) is 66.7 Å². The number of aryl methyl sites for hydroxylation is 2. The van der Waals surface area contributed by atoms with E-state index in [2.05, 4.69) is 32.6 Å². The van der Waals surface area contributed by atoms with Crippen molar-refractivity contribution in [1.82, 2.24) is 0 Å². The Morgan fingerprint density at radius 3 is 2.61 bits per heavy atom. The van der Waals surface area contributed by atoms with E-state index >= 15 is 4.39 Å². The minimum Gasteiger partial charge on any atom is -0.492 e. The highest BCUT2D eigenvalue weighted by Gasteiger charge is 2.28. The van der Waals surface area contributed by atoms with Crippen LogP contribution in [0.3, 0.4) is 0 Å². The summed E-state index contributed by atoms with van der Waals surface area (Å²) >= 11 is 0. The van der Waals surface area contributed by atoms with Gasteiger partial charge >= 0.3 is 5.97 Å². The van der Waals surface area contributed by atoms with Gasteiger partial charge in [0.05, 0.1) is 26.2 Å². The fourth-order valence-electron chi connectivity index (χ4n) is 5.94. The smallest absolute Gasteiger partial charge is 0.306 e. The van der Waals surface area contributed by atoms with Gasteiger partial charge in [0.25, 0.3) is 0 Å². The maximum absolute atomic E-state index is 15.3. The zero-order valence-electron chi connectivity index (χ0n) is 24.2. The number of hydrogen-bond donors (Lipinski definition) is 0. The third-order valence-electron chi connectivity index (χ3n) is 8.11. The molecule has 1 aliphatic carbocycles. The summed E-state index contributed by atoms with van der Waals surface area (Å²) in [6, 6.07) is 9.68. The minimum absolute atomic E-state index is 0.0508. The molecule has 1 saturated heterocycles. The van der Waals surface area contributed by atoms with Crippen molar-refractivity contribution >= 4 is 11.5 Å². The Kier molecular flexibility index (Phi) is 9.13. The lowest BCUT2D eigenvalue weighted by Gasteiger charge is -2.21. The van der Waals surface area contributed by atoms with Gasteiger partial charge in [0, 0.05) is 29.7 Å². The molecule has 41 heavy (non-hydrogen) atoms. The largest absolute Gasteiger partial charge is 0.492 e. The molecule has 1 fully saturated rings. The normalized spacial score (nSPS) is 25.0. The van der Waals surface area contributed by atoms with Gasteiger partial charge in [0.1, 0.15) is 35.8 Å². The quantitative estimate of drug-likeness (QED) is 0.314. The van der Waals surface area contributed by atoms with Crippen molar-refractivity contribution in [2.45, 2.75) is 70.5 Å². The van der Waals surface area contributed by atoms with Gasteiger partial charge in [0.15, 0.2) is 0 Å². The number of allylic oxidation sites excluding steroid dienone is 3. The first kappa shape index (κ1) is 28.9. The molecule has 3 aliphatic rings. The summed E-state index contributed by atoms with van der Waals surface area (Å²) in [4.78, 5) is 11.7. The summed E-state index contributed by atoms with van der Waals surface area (Å²) in [6.45, 7) is 9.96. The molecule has 6 nitrogen and oxygen atoms in total. The van der Waals surface area contributed by atoms with Gasteiger partial charge in [-0.25, -0.2) is 4.39 Å². The highest BCUT2D eigenvalue weighted by atomic mass is 19.1. The second kappa shape index (κ2) is 12.9. The molecule has 0 radical (unpaired) electrons. The van der Waals surface area contributed by atoms with Crippen molar-refractivity contribution in [1.29, 1.82) is 0 Å². The van der Waals surface area contributed by atoms with E-state index in [-0.39, 0.29) is 24.4 Å². The molecule has 5 rings (SSSR count). The van der Waals surface area contributed by atoms with Crippen LogP contribution in [0.5, 0.6) is 17.2 Å². The first-order valence-corrected chi connectivity index (χ1v) is 14.4. The predicted octanol–water partition coefficient (Wildman–Crippen LogP) is 7.32. The molecule has 7 heteroatoms. The lowest BCUT2D eigenvalue weighted by Crippen LogP contribution is -2.19. The Hall–Kier alpha value is -3.58. The number of methoxy groups -OCH3 is 1. The van der Waals surface area contributed by atoms with Crippen LogP contribution in [0, 0.1) is 13.8 Å². The van der Waals surface area contributed by atoms with E-state index in [9.17, 15) is 4.79 Å². The second-order valence-electron chi connectivity index (χ2n) is 11.1. The highest BCUT2D eigenvalue weighted by Crippen LogP contribution is 2.40. The van der Waals surface area contributed by atoms with E-state index in [0.717, 1.165) is 65.9 Å². The second-order valence-corrected chi connectivity index (χ2v) is 11.1. The molecule has 2 aromatic rings. The lowest BCUT2D eigenvalue weighted by molar-refractivity contribution is -0.141. The average Bonchev–Trinajstić information content (AvgIpc) is 3.63. The van der Waals surface area contributed by atoms with Crippen molar-refractivity contribution in [3.05, 3.63) is 82.7 Å².